The molecule has 2 heterocycles. The lowest BCUT2D eigenvalue weighted by Crippen LogP contribution is -2.40. The molecule has 0 amide bonds. The maximum absolute atomic E-state index is 14.2. The van der Waals surface area contributed by atoms with Crippen molar-refractivity contribution in [2.45, 2.75) is 32.7 Å². The normalized spacial score (nSPS) is 15.1. The Hall–Kier alpha value is -3.44. The molecule has 0 saturated carbocycles. The van der Waals surface area contributed by atoms with Crippen molar-refractivity contribution in [3.8, 4) is 11.5 Å². The van der Waals surface area contributed by atoms with E-state index in [2.05, 4.69) is 22.6 Å². The first kappa shape index (κ1) is 28.1. The molecule has 0 saturated heterocycles. The number of benzene rings is 3. The van der Waals surface area contributed by atoms with E-state index in [1.54, 1.807) is 25.7 Å². The fourth-order valence-electron chi connectivity index (χ4n) is 5.05. The summed E-state index contributed by atoms with van der Waals surface area (Å²) in [6.07, 6.45) is 3.20. The SMILES string of the molecule is CCCC1=C(C(=O)OCC)[C@@H](c2c(OC)ccc3ccccc23)n2c(s/c(=C\c3ccc(OC)c(I)c3)c2=O)=N1. The number of allylic oxidation sites excluding steroid dienone is 1. The molecule has 0 aliphatic carbocycles. The summed E-state index contributed by atoms with van der Waals surface area (Å²) < 4.78 is 19.9. The highest BCUT2D eigenvalue weighted by Crippen LogP contribution is 2.41. The first-order valence-electron chi connectivity index (χ1n) is 13.0. The third-order valence-corrected chi connectivity index (χ3v) is 8.62. The first-order chi connectivity index (χ1) is 19.4. The van der Waals surface area contributed by atoms with E-state index in [0.717, 1.165) is 37.6 Å². The van der Waals surface area contributed by atoms with Gasteiger partial charge in [-0.15, -0.1) is 0 Å². The molecule has 1 aromatic heterocycles. The molecule has 0 fully saturated rings. The van der Waals surface area contributed by atoms with Gasteiger partial charge in [-0.25, -0.2) is 9.79 Å². The summed E-state index contributed by atoms with van der Waals surface area (Å²) in [5.74, 6) is 0.877. The number of halogens is 1. The van der Waals surface area contributed by atoms with Gasteiger partial charge in [-0.05, 0) is 76.5 Å². The lowest BCUT2D eigenvalue weighted by molar-refractivity contribution is -0.139. The molecule has 7 nitrogen and oxygen atoms in total. The fourth-order valence-corrected chi connectivity index (χ4v) is 6.83. The zero-order chi connectivity index (χ0) is 28.4. The lowest BCUT2D eigenvalue weighted by Gasteiger charge is -2.28. The average molecular weight is 669 g/mol. The molecule has 1 aliphatic heterocycles. The van der Waals surface area contributed by atoms with Gasteiger partial charge >= 0.3 is 5.97 Å². The summed E-state index contributed by atoms with van der Waals surface area (Å²) in [6, 6.07) is 16.8. The van der Waals surface area contributed by atoms with Crippen LogP contribution in [0.4, 0.5) is 0 Å². The van der Waals surface area contributed by atoms with Crippen LogP contribution in [0, 0.1) is 3.57 Å². The number of nitrogens with zero attached hydrogens (tertiary/aromatic N) is 2. The Morgan fingerprint density at radius 1 is 1.07 bits per heavy atom. The largest absolute Gasteiger partial charge is 0.496 e. The van der Waals surface area contributed by atoms with E-state index in [0.29, 0.717) is 32.8 Å². The minimum absolute atomic E-state index is 0.210. The summed E-state index contributed by atoms with van der Waals surface area (Å²) in [4.78, 5) is 33.2. The van der Waals surface area contributed by atoms with E-state index in [-0.39, 0.29) is 12.2 Å². The predicted molar refractivity (Wildman–Crippen MR) is 166 cm³/mol. The van der Waals surface area contributed by atoms with Crippen molar-refractivity contribution in [2.75, 3.05) is 20.8 Å². The van der Waals surface area contributed by atoms with Crippen LogP contribution in [0.25, 0.3) is 16.8 Å². The number of hydrogen-bond donors (Lipinski definition) is 0. The van der Waals surface area contributed by atoms with Gasteiger partial charge in [0.2, 0.25) is 0 Å². The van der Waals surface area contributed by atoms with E-state index in [9.17, 15) is 9.59 Å². The van der Waals surface area contributed by atoms with Crippen molar-refractivity contribution < 1.29 is 19.0 Å². The van der Waals surface area contributed by atoms with E-state index in [1.807, 2.05) is 67.6 Å². The Morgan fingerprint density at radius 2 is 1.82 bits per heavy atom. The van der Waals surface area contributed by atoms with Gasteiger partial charge in [0.1, 0.15) is 17.5 Å². The summed E-state index contributed by atoms with van der Waals surface area (Å²) in [6.45, 7) is 4.03. The second-order valence-corrected chi connectivity index (χ2v) is 11.4. The predicted octanol–water partition coefficient (Wildman–Crippen LogP) is 5.35. The molecule has 206 valence electrons. The van der Waals surface area contributed by atoms with Crippen LogP contribution in [0.1, 0.15) is 43.9 Å². The van der Waals surface area contributed by atoms with Gasteiger partial charge in [-0.3, -0.25) is 9.36 Å². The van der Waals surface area contributed by atoms with Gasteiger partial charge < -0.3 is 14.2 Å². The van der Waals surface area contributed by atoms with Gasteiger partial charge in [0.05, 0.1) is 40.2 Å². The molecular formula is C31H29IN2O5S. The Morgan fingerprint density at radius 3 is 2.52 bits per heavy atom. The van der Waals surface area contributed by atoms with Crippen molar-refractivity contribution in [1.82, 2.24) is 4.57 Å². The number of aromatic nitrogens is 1. The Bertz CT molecular complexity index is 1820. The average Bonchev–Trinajstić information content (AvgIpc) is 3.26. The number of ether oxygens (including phenoxy) is 3. The molecule has 1 atom stereocenters. The third kappa shape index (κ3) is 5.08. The van der Waals surface area contributed by atoms with Crippen LogP contribution in [-0.2, 0) is 9.53 Å². The second-order valence-electron chi connectivity index (χ2n) is 9.21. The van der Waals surface area contributed by atoms with Crippen LogP contribution in [-0.4, -0.2) is 31.4 Å². The standard InChI is InChI=1S/C31H29IN2O5S/c1-5-9-22-27(30(36)39-6-2)28(26-20-11-8-7-10-19(20)13-15-24(26)38-4)34-29(35)25(40-31(34)33-22)17-18-12-14-23(37-3)21(32)16-18/h7-8,10-17,28H,5-6,9H2,1-4H3/b25-17-/t28-/m1/s1. The van der Waals surface area contributed by atoms with Gasteiger partial charge in [0.25, 0.3) is 5.56 Å². The van der Waals surface area contributed by atoms with E-state index in [4.69, 9.17) is 19.2 Å². The zero-order valence-corrected chi connectivity index (χ0v) is 25.7. The summed E-state index contributed by atoms with van der Waals surface area (Å²) in [5.41, 5.74) is 2.38. The van der Waals surface area contributed by atoms with Gasteiger partial charge in [0, 0.05) is 5.56 Å². The number of carbonyl (C=O) groups is 1. The number of hydrogen-bond acceptors (Lipinski definition) is 7. The van der Waals surface area contributed by atoms with E-state index < -0.39 is 12.0 Å². The van der Waals surface area contributed by atoms with Crippen molar-refractivity contribution in [3.05, 3.63) is 100 Å². The molecule has 0 spiro atoms. The minimum atomic E-state index is -0.768. The highest BCUT2D eigenvalue weighted by molar-refractivity contribution is 14.1. The Labute approximate surface area is 249 Å². The number of thiazole rings is 1. The number of esters is 1. The number of carbonyl (C=O) groups excluding carboxylic acids is 1. The molecule has 0 bridgehead atoms. The summed E-state index contributed by atoms with van der Waals surface area (Å²) in [5, 5.41) is 1.87. The van der Waals surface area contributed by atoms with Crippen LogP contribution in [0.2, 0.25) is 0 Å². The van der Waals surface area contributed by atoms with Crippen LogP contribution in [0.15, 0.2) is 75.7 Å². The van der Waals surface area contributed by atoms with Gasteiger partial charge in [-0.2, -0.15) is 0 Å². The van der Waals surface area contributed by atoms with Crippen molar-refractivity contribution in [3.63, 3.8) is 0 Å². The van der Waals surface area contributed by atoms with Crippen molar-refractivity contribution in [1.29, 1.82) is 0 Å². The smallest absolute Gasteiger partial charge is 0.338 e. The molecule has 0 unspecified atom stereocenters. The molecule has 9 heteroatoms. The monoisotopic (exact) mass is 668 g/mol. The Kier molecular flexibility index (Phi) is 8.41. The van der Waals surface area contributed by atoms with Crippen LogP contribution in [0.3, 0.4) is 0 Å². The molecule has 0 radical (unpaired) electrons. The summed E-state index contributed by atoms with van der Waals surface area (Å²) in [7, 11) is 3.23. The van der Waals surface area contributed by atoms with E-state index in [1.165, 1.54) is 11.3 Å². The van der Waals surface area contributed by atoms with Crippen LogP contribution >= 0.6 is 33.9 Å². The highest BCUT2D eigenvalue weighted by atomic mass is 127. The molecule has 4 aromatic rings. The third-order valence-electron chi connectivity index (χ3n) is 6.79. The minimum Gasteiger partial charge on any atom is -0.496 e. The van der Waals surface area contributed by atoms with Gasteiger partial charge in [0.15, 0.2) is 4.80 Å². The number of fused-ring (bicyclic) bond motifs is 2. The molecule has 40 heavy (non-hydrogen) atoms. The van der Waals surface area contributed by atoms with E-state index >= 15 is 0 Å². The maximum Gasteiger partial charge on any atom is 0.338 e. The summed E-state index contributed by atoms with van der Waals surface area (Å²) >= 11 is 3.53. The quantitative estimate of drug-likeness (QED) is 0.187. The molecule has 3 aromatic carbocycles. The zero-order valence-electron chi connectivity index (χ0n) is 22.7. The van der Waals surface area contributed by atoms with Crippen LogP contribution < -0.4 is 24.4 Å². The maximum atomic E-state index is 14.2. The lowest BCUT2D eigenvalue weighted by atomic mass is 9.90. The molecule has 1 aliphatic rings. The molecular weight excluding hydrogens is 639 g/mol. The van der Waals surface area contributed by atoms with Crippen LogP contribution in [0.5, 0.6) is 11.5 Å². The Balaban J connectivity index is 1.85. The molecule has 0 N–H and O–H groups in total. The number of rotatable bonds is 8. The number of methoxy groups -OCH3 is 2. The van der Waals surface area contributed by atoms with Crippen molar-refractivity contribution in [2.24, 2.45) is 4.99 Å². The second kappa shape index (κ2) is 12.0. The van der Waals surface area contributed by atoms with Crippen molar-refractivity contribution >= 4 is 56.7 Å². The first-order valence-corrected chi connectivity index (χ1v) is 14.9. The molecule has 5 rings (SSSR count). The highest BCUT2D eigenvalue weighted by Gasteiger charge is 2.37. The fraction of sp³-hybridized carbons (Fsp3) is 0.258. The van der Waals surface area contributed by atoms with Gasteiger partial charge in [-0.1, -0.05) is 61.1 Å². The topological polar surface area (TPSA) is 79.1 Å².